The number of amides is 1. The van der Waals surface area contributed by atoms with Crippen molar-refractivity contribution in [1.82, 2.24) is 9.80 Å². The lowest BCUT2D eigenvalue weighted by molar-refractivity contribution is 0.171. The number of benzene rings is 1. The van der Waals surface area contributed by atoms with Gasteiger partial charge >= 0.3 is 6.09 Å². The van der Waals surface area contributed by atoms with Crippen molar-refractivity contribution in [2.45, 2.75) is 25.8 Å². The van der Waals surface area contributed by atoms with Gasteiger partial charge in [0.2, 0.25) is 0 Å². The molecule has 0 bridgehead atoms. The summed E-state index contributed by atoms with van der Waals surface area (Å²) in [5.41, 5.74) is 2.65. The number of aryl methyl sites for hydroxylation is 1. The Morgan fingerprint density at radius 2 is 2.00 bits per heavy atom. The fraction of sp³-hybridized carbons (Fsp3) is 0.450. The SMILES string of the molecule is CN(C)C(=O)Oc1ccc2c(c1)CCN(CCCc1cccs1)C2.CS(=O)(=O)O. The Morgan fingerprint density at radius 3 is 2.62 bits per heavy atom. The van der Waals surface area contributed by atoms with Crippen LogP contribution in [0.3, 0.4) is 0 Å². The van der Waals surface area contributed by atoms with Gasteiger partial charge in [-0.15, -0.1) is 11.3 Å². The van der Waals surface area contributed by atoms with Gasteiger partial charge < -0.3 is 9.64 Å². The van der Waals surface area contributed by atoms with Crippen LogP contribution in [0.2, 0.25) is 0 Å². The number of fused-ring (bicyclic) bond motifs is 1. The first-order chi connectivity index (χ1) is 13.6. The van der Waals surface area contributed by atoms with E-state index in [0.717, 1.165) is 26.1 Å². The summed E-state index contributed by atoms with van der Waals surface area (Å²) in [6.45, 7) is 3.19. The number of carbonyl (C=O) groups is 1. The maximum atomic E-state index is 11.6. The summed E-state index contributed by atoms with van der Waals surface area (Å²) in [6, 6.07) is 10.3. The van der Waals surface area contributed by atoms with Crippen molar-refractivity contribution in [3.63, 3.8) is 0 Å². The molecule has 0 fully saturated rings. The standard InChI is InChI=1S/C19H24N2O2S.CH4O3S/c1-20(2)19(22)23-17-8-7-16-14-21(11-9-15(16)13-17)10-3-5-18-6-4-12-24-18;1-5(2,3)4/h4,6-8,12-13H,3,5,9-11,14H2,1-2H3;1H3,(H,2,3,4). The van der Waals surface area contributed by atoms with E-state index in [1.165, 1.54) is 33.7 Å². The molecule has 1 aliphatic rings. The summed E-state index contributed by atoms with van der Waals surface area (Å²) in [5, 5.41) is 2.15. The third kappa shape index (κ3) is 8.95. The van der Waals surface area contributed by atoms with Crippen LogP contribution < -0.4 is 4.74 Å². The maximum Gasteiger partial charge on any atom is 0.414 e. The summed E-state index contributed by atoms with van der Waals surface area (Å²) < 4.78 is 31.2. The number of thiophene rings is 1. The zero-order valence-electron chi connectivity index (χ0n) is 17.0. The molecule has 0 saturated carbocycles. The predicted octanol–water partition coefficient (Wildman–Crippen LogP) is 3.30. The van der Waals surface area contributed by atoms with E-state index in [4.69, 9.17) is 9.29 Å². The summed E-state index contributed by atoms with van der Waals surface area (Å²) in [4.78, 5) is 17.1. The molecule has 3 rings (SSSR count). The van der Waals surface area contributed by atoms with Crippen molar-refractivity contribution >= 4 is 27.5 Å². The Kier molecular flexibility index (Phi) is 8.63. The second-order valence-electron chi connectivity index (χ2n) is 7.13. The van der Waals surface area contributed by atoms with Gasteiger partial charge in [-0.1, -0.05) is 12.1 Å². The predicted molar refractivity (Wildman–Crippen MR) is 115 cm³/mol. The van der Waals surface area contributed by atoms with Crippen LogP contribution >= 0.6 is 11.3 Å². The van der Waals surface area contributed by atoms with E-state index in [-0.39, 0.29) is 6.09 Å². The summed E-state index contributed by atoms with van der Waals surface area (Å²) in [5.74, 6) is 0.638. The van der Waals surface area contributed by atoms with E-state index in [1.807, 2.05) is 23.5 Å². The summed E-state index contributed by atoms with van der Waals surface area (Å²) >= 11 is 1.84. The summed E-state index contributed by atoms with van der Waals surface area (Å²) in [6.07, 6.45) is 3.77. The fourth-order valence-electron chi connectivity index (χ4n) is 2.97. The number of rotatable bonds is 5. The Morgan fingerprint density at radius 1 is 1.28 bits per heavy atom. The molecule has 7 nitrogen and oxygen atoms in total. The molecule has 2 aromatic rings. The largest absolute Gasteiger partial charge is 0.414 e. The van der Waals surface area contributed by atoms with Gasteiger partial charge in [-0.05, 0) is 60.5 Å². The van der Waals surface area contributed by atoms with Crippen molar-refractivity contribution in [2.75, 3.05) is 33.4 Å². The minimum absolute atomic E-state index is 0.332. The molecule has 1 amide bonds. The quantitative estimate of drug-likeness (QED) is 0.718. The minimum atomic E-state index is -3.67. The van der Waals surface area contributed by atoms with E-state index in [2.05, 4.69) is 28.5 Å². The number of hydrogen-bond acceptors (Lipinski definition) is 6. The van der Waals surface area contributed by atoms with Crippen molar-refractivity contribution < 1.29 is 22.5 Å². The van der Waals surface area contributed by atoms with Crippen molar-refractivity contribution in [3.8, 4) is 5.75 Å². The smallest absolute Gasteiger partial charge is 0.410 e. The van der Waals surface area contributed by atoms with E-state index >= 15 is 0 Å². The Hall–Kier alpha value is -1.94. The molecule has 2 heterocycles. The molecule has 160 valence electrons. The van der Waals surface area contributed by atoms with Crippen LogP contribution in [-0.4, -0.2) is 62.3 Å². The first-order valence-electron chi connectivity index (χ1n) is 9.30. The fourth-order valence-corrected chi connectivity index (χ4v) is 3.72. The first-order valence-corrected chi connectivity index (χ1v) is 12.0. The van der Waals surface area contributed by atoms with Gasteiger partial charge in [-0.2, -0.15) is 8.42 Å². The molecule has 29 heavy (non-hydrogen) atoms. The Labute approximate surface area is 176 Å². The normalized spacial score (nSPS) is 13.8. The molecular weight excluding hydrogens is 412 g/mol. The second-order valence-corrected chi connectivity index (χ2v) is 9.63. The van der Waals surface area contributed by atoms with Crippen LogP contribution in [0.4, 0.5) is 4.79 Å². The lowest BCUT2D eigenvalue weighted by Gasteiger charge is -2.29. The molecule has 1 aromatic carbocycles. The van der Waals surface area contributed by atoms with E-state index in [9.17, 15) is 13.2 Å². The van der Waals surface area contributed by atoms with Crippen LogP contribution in [0.15, 0.2) is 35.7 Å². The highest BCUT2D eigenvalue weighted by molar-refractivity contribution is 7.85. The molecule has 0 atom stereocenters. The van der Waals surface area contributed by atoms with Gasteiger partial charge in [0.05, 0.1) is 6.26 Å². The van der Waals surface area contributed by atoms with Crippen molar-refractivity contribution in [1.29, 1.82) is 0 Å². The maximum absolute atomic E-state index is 11.6. The monoisotopic (exact) mass is 440 g/mol. The van der Waals surface area contributed by atoms with Crippen LogP contribution in [0, 0.1) is 0 Å². The summed E-state index contributed by atoms with van der Waals surface area (Å²) in [7, 11) is -0.288. The Balaban J connectivity index is 0.000000537. The van der Waals surface area contributed by atoms with Gasteiger partial charge in [0.1, 0.15) is 5.75 Å². The van der Waals surface area contributed by atoms with Crippen molar-refractivity contribution in [2.24, 2.45) is 0 Å². The third-order valence-electron chi connectivity index (χ3n) is 4.32. The molecule has 0 aliphatic carbocycles. The van der Waals surface area contributed by atoms with Crippen molar-refractivity contribution in [3.05, 3.63) is 51.7 Å². The topological polar surface area (TPSA) is 87.2 Å². The zero-order chi connectivity index (χ0) is 21.4. The third-order valence-corrected chi connectivity index (χ3v) is 5.25. The van der Waals surface area contributed by atoms with Gasteiger partial charge in [0.25, 0.3) is 10.1 Å². The van der Waals surface area contributed by atoms with Gasteiger partial charge in [0, 0.05) is 32.1 Å². The van der Waals surface area contributed by atoms with Crippen LogP contribution in [0.1, 0.15) is 22.4 Å². The number of carbonyl (C=O) groups excluding carboxylic acids is 1. The molecule has 0 radical (unpaired) electrons. The lowest BCUT2D eigenvalue weighted by atomic mass is 9.99. The molecule has 1 aromatic heterocycles. The lowest BCUT2D eigenvalue weighted by Crippen LogP contribution is -2.31. The molecular formula is C20H28N2O5S2. The highest BCUT2D eigenvalue weighted by Gasteiger charge is 2.17. The average Bonchev–Trinajstić information content (AvgIpc) is 3.13. The first kappa shape index (κ1) is 23.3. The highest BCUT2D eigenvalue weighted by Crippen LogP contribution is 2.24. The van der Waals surface area contributed by atoms with Gasteiger partial charge in [-0.3, -0.25) is 9.45 Å². The second kappa shape index (κ2) is 10.7. The number of hydrogen-bond donors (Lipinski definition) is 1. The van der Waals surface area contributed by atoms with E-state index < -0.39 is 10.1 Å². The molecule has 1 N–H and O–H groups in total. The average molecular weight is 441 g/mol. The zero-order valence-corrected chi connectivity index (χ0v) is 18.6. The van der Waals surface area contributed by atoms with Crippen LogP contribution in [0.25, 0.3) is 0 Å². The van der Waals surface area contributed by atoms with Gasteiger partial charge in [-0.25, -0.2) is 4.79 Å². The molecule has 0 spiro atoms. The number of nitrogens with zero attached hydrogens (tertiary/aromatic N) is 2. The Bertz CT molecular complexity index is 888. The molecule has 0 saturated heterocycles. The van der Waals surface area contributed by atoms with Gasteiger partial charge in [0.15, 0.2) is 0 Å². The van der Waals surface area contributed by atoms with E-state index in [0.29, 0.717) is 12.0 Å². The molecule has 9 heteroatoms. The highest BCUT2D eigenvalue weighted by atomic mass is 32.2. The van der Waals surface area contributed by atoms with Crippen LogP contribution in [0.5, 0.6) is 5.75 Å². The van der Waals surface area contributed by atoms with E-state index in [1.54, 1.807) is 14.1 Å². The minimum Gasteiger partial charge on any atom is -0.410 e. The number of ether oxygens (including phenoxy) is 1. The molecule has 0 unspecified atom stereocenters. The van der Waals surface area contributed by atoms with Crippen LogP contribution in [-0.2, 0) is 29.5 Å². The molecule has 1 aliphatic heterocycles.